The Kier molecular flexibility index (Phi) is 6.59. The number of nitrogens with zero attached hydrogens (tertiary/aromatic N) is 3. The highest BCUT2D eigenvalue weighted by atomic mass is 32.2. The molecule has 0 unspecified atom stereocenters. The summed E-state index contributed by atoms with van der Waals surface area (Å²) >= 11 is 1.18. The second-order valence-corrected chi connectivity index (χ2v) is 9.11. The number of furan rings is 1. The number of anilines is 1. The Morgan fingerprint density at radius 2 is 2.07 bits per heavy atom. The van der Waals surface area contributed by atoms with Crippen LogP contribution < -0.4 is 10.6 Å². The average Bonchev–Trinajstić information content (AvgIpc) is 3.36. The van der Waals surface area contributed by atoms with Crippen LogP contribution in [-0.2, 0) is 26.2 Å². The van der Waals surface area contributed by atoms with Gasteiger partial charge in [0.05, 0.1) is 13.1 Å². The lowest BCUT2D eigenvalue weighted by atomic mass is 10.3. The monoisotopic (exact) mass is 449 g/mol. The maximum atomic E-state index is 12.5. The number of carbonyl (C=O) groups is 2. The number of thiazole rings is 1. The molecule has 0 atom stereocenters. The fourth-order valence-corrected chi connectivity index (χ4v) is 4.20. The van der Waals surface area contributed by atoms with Gasteiger partial charge in [-0.3, -0.25) is 14.6 Å². The van der Waals surface area contributed by atoms with Crippen LogP contribution in [0.2, 0.25) is 0 Å². The Labute approximate surface area is 177 Å². The van der Waals surface area contributed by atoms with Crippen molar-refractivity contribution in [3.05, 3.63) is 47.8 Å². The van der Waals surface area contributed by atoms with Crippen LogP contribution in [-0.4, -0.2) is 48.1 Å². The minimum atomic E-state index is -3.82. The fraction of sp³-hybridized carbons (Fsp3) is 0.222. The third-order valence-corrected chi connectivity index (χ3v) is 6.43. The number of sulfonamides is 1. The zero-order chi connectivity index (χ0) is 21.7. The van der Waals surface area contributed by atoms with E-state index in [4.69, 9.17) is 4.42 Å². The lowest BCUT2D eigenvalue weighted by Gasteiger charge is -2.16. The van der Waals surface area contributed by atoms with E-state index in [-0.39, 0.29) is 23.9 Å². The zero-order valence-electron chi connectivity index (χ0n) is 16.2. The fourth-order valence-electron chi connectivity index (χ4n) is 2.39. The number of nitrogens with one attached hydrogen (secondary N) is 2. The molecular weight excluding hydrogens is 430 g/mol. The highest BCUT2D eigenvalue weighted by Gasteiger charge is 2.23. The van der Waals surface area contributed by atoms with E-state index < -0.39 is 15.9 Å². The summed E-state index contributed by atoms with van der Waals surface area (Å²) in [5.41, 5.74) is 0.515. The van der Waals surface area contributed by atoms with E-state index in [0.717, 1.165) is 4.31 Å². The van der Waals surface area contributed by atoms with Gasteiger partial charge in [-0.1, -0.05) is 0 Å². The molecule has 0 radical (unpaired) electrons. The minimum Gasteiger partial charge on any atom is -0.458 e. The summed E-state index contributed by atoms with van der Waals surface area (Å²) in [6.45, 7) is 1.30. The van der Waals surface area contributed by atoms with Crippen LogP contribution in [0, 0.1) is 0 Å². The first-order valence-corrected chi connectivity index (χ1v) is 11.0. The number of hydrogen-bond donors (Lipinski definition) is 2. The van der Waals surface area contributed by atoms with Crippen molar-refractivity contribution in [3.8, 4) is 11.5 Å². The van der Waals surface area contributed by atoms with Gasteiger partial charge < -0.3 is 15.1 Å². The average molecular weight is 450 g/mol. The van der Waals surface area contributed by atoms with Crippen LogP contribution in [0.1, 0.15) is 12.7 Å². The van der Waals surface area contributed by atoms with Gasteiger partial charge in [-0.05, 0) is 24.3 Å². The molecule has 2 amide bonds. The van der Waals surface area contributed by atoms with Crippen LogP contribution in [0.3, 0.4) is 0 Å². The molecule has 0 aromatic carbocycles. The predicted molar refractivity (Wildman–Crippen MR) is 110 cm³/mol. The summed E-state index contributed by atoms with van der Waals surface area (Å²) in [4.78, 5) is 31.3. The Morgan fingerprint density at radius 3 is 2.77 bits per heavy atom. The molecule has 10 nitrogen and oxygen atoms in total. The molecule has 3 rings (SSSR count). The third kappa shape index (κ3) is 5.28. The van der Waals surface area contributed by atoms with Gasteiger partial charge in [0.25, 0.3) is 0 Å². The van der Waals surface area contributed by atoms with Crippen molar-refractivity contribution in [1.29, 1.82) is 0 Å². The van der Waals surface area contributed by atoms with E-state index in [1.54, 1.807) is 17.5 Å². The maximum absolute atomic E-state index is 12.5. The summed E-state index contributed by atoms with van der Waals surface area (Å²) in [5, 5.41) is 7.22. The molecule has 3 aromatic heterocycles. The lowest BCUT2D eigenvalue weighted by molar-refractivity contribution is -0.119. The van der Waals surface area contributed by atoms with Crippen LogP contribution in [0.25, 0.3) is 11.5 Å². The smallest absolute Gasteiger partial charge is 0.244 e. The van der Waals surface area contributed by atoms with E-state index in [2.05, 4.69) is 20.6 Å². The number of rotatable bonds is 8. The molecule has 0 bridgehead atoms. The van der Waals surface area contributed by atoms with Crippen molar-refractivity contribution in [1.82, 2.24) is 19.6 Å². The highest BCUT2D eigenvalue weighted by molar-refractivity contribution is 7.89. The summed E-state index contributed by atoms with van der Waals surface area (Å²) in [7, 11) is -2.51. The van der Waals surface area contributed by atoms with Crippen LogP contribution in [0.15, 0.2) is 51.4 Å². The summed E-state index contributed by atoms with van der Waals surface area (Å²) in [6.07, 6.45) is 2.69. The molecule has 12 heteroatoms. The molecule has 0 saturated heterocycles. The number of aromatic nitrogens is 2. The van der Waals surface area contributed by atoms with Crippen molar-refractivity contribution in [2.75, 3.05) is 18.9 Å². The molecular formula is C18H19N5O5S2. The summed E-state index contributed by atoms with van der Waals surface area (Å²) in [6, 6.07) is 6.36. The van der Waals surface area contributed by atoms with E-state index >= 15 is 0 Å². The Morgan fingerprint density at radius 1 is 1.27 bits per heavy atom. The van der Waals surface area contributed by atoms with Gasteiger partial charge in [-0.2, -0.15) is 4.31 Å². The van der Waals surface area contributed by atoms with Crippen LogP contribution in [0.5, 0.6) is 0 Å². The Bertz CT molecular complexity index is 1140. The molecule has 0 aliphatic carbocycles. The van der Waals surface area contributed by atoms with E-state index in [1.165, 1.54) is 49.8 Å². The second-order valence-electron chi connectivity index (χ2n) is 6.21. The first-order valence-electron chi connectivity index (χ1n) is 8.71. The first-order chi connectivity index (χ1) is 14.3. The predicted octanol–water partition coefficient (Wildman–Crippen LogP) is 1.69. The minimum absolute atomic E-state index is 0.00437. The third-order valence-electron chi connectivity index (χ3n) is 3.89. The largest absolute Gasteiger partial charge is 0.458 e. The SMILES string of the molecule is CC(=O)NCc1ccc(-c2csc(NC(=O)CN(C)S(=O)(=O)c3cccnc3)n2)o1. The summed E-state index contributed by atoms with van der Waals surface area (Å²) < 4.78 is 31.5. The van der Waals surface area contributed by atoms with Crippen molar-refractivity contribution < 1.29 is 22.4 Å². The van der Waals surface area contributed by atoms with Crippen LogP contribution >= 0.6 is 11.3 Å². The van der Waals surface area contributed by atoms with Crippen molar-refractivity contribution in [2.45, 2.75) is 18.4 Å². The molecule has 0 aliphatic heterocycles. The molecule has 0 aliphatic rings. The number of hydrogen-bond acceptors (Lipinski definition) is 8. The van der Waals surface area contributed by atoms with Crippen molar-refractivity contribution in [3.63, 3.8) is 0 Å². The van der Waals surface area contributed by atoms with E-state index in [1.807, 2.05) is 0 Å². The van der Waals surface area contributed by atoms with E-state index in [0.29, 0.717) is 22.3 Å². The van der Waals surface area contributed by atoms with Gasteiger partial charge in [-0.25, -0.2) is 13.4 Å². The van der Waals surface area contributed by atoms with Gasteiger partial charge in [0.1, 0.15) is 16.3 Å². The van der Waals surface area contributed by atoms with Crippen molar-refractivity contribution in [2.24, 2.45) is 0 Å². The molecule has 2 N–H and O–H groups in total. The van der Waals surface area contributed by atoms with Gasteiger partial charge in [0.15, 0.2) is 10.9 Å². The summed E-state index contributed by atoms with van der Waals surface area (Å²) in [5.74, 6) is 0.364. The lowest BCUT2D eigenvalue weighted by Crippen LogP contribution is -2.35. The number of likely N-dealkylation sites (N-methyl/N-ethyl adjacent to an activating group) is 1. The number of amides is 2. The quantitative estimate of drug-likeness (QED) is 0.534. The molecule has 3 heterocycles. The van der Waals surface area contributed by atoms with Crippen molar-refractivity contribution >= 4 is 38.3 Å². The standard InChI is InChI=1S/C18H19N5O5S2/c1-12(24)20-8-13-5-6-16(28-13)15-11-29-18(21-15)22-17(25)10-23(2)30(26,27)14-4-3-7-19-9-14/h3-7,9,11H,8,10H2,1-2H3,(H,20,24)(H,21,22,25). The van der Waals surface area contributed by atoms with Gasteiger partial charge in [0, 0.05) is 31.7 Å². The van der Waals surface area contributed by atoms with Crippen LogP contribution in [0.4, 0.5) is 5.13 Å². The second kappa shape index (κ2) is 9.15. The molecule has 0 spiro atoms. The topological polar surface area (TPSA) is 134 Å². The highest BCUT2D eigenvalue weighted by Crippen LogP contribution is 2.26. The van der Waals surface area contributed by atoms with Gasteiger partial charge in [-0.15, -0.1) is 11.3 Å². The molecule has 0 fully saturated rings. The number of pyridine rings is 1. The molecule has 0 saturated carbocycles. The first kappa shape index (κ1) is 21.6. The Balaban J connectivity index is 1.60. The Hall–Kier alpha value is -3.09. The molecule has 158 valence electrons. The molecule has 3 aromatic rings. The van der Waals surface area contributed by atoms with E-state index in [9.17, 15) is 18.0 Å². The zero-order valence-corrected chi connectivity index (χ0v) is 17.8. The molecule has 30 heavy (non-hydrogen) atoms. The normalized spacial score (nSPS) is 11.4. The van der Waals surface area contributed by atoms with Gasteiger partial charge >= 0.3 is 0 Å². The number of carbonyl (C=O) groups excluding carboxylic acids is 2. The van der Waals surface area contributed by atoms with Gasteiger partial charge in [0.2, 0.25) is 21.8 Å². The maximum Gasteiger partial charge on any atom is 0.244 e.